The highest BCUT2D eigenvalue weighted by Gasteiger charge is 2.83. The smallest absolute Gasteiger partial charge is 0.254 e. The average molecular weight is 409 g/mol. The van der Waals surface area contributed by atoms with Gasteiger partial charge in [-0.1, -0.05) is 42.5 Å². The number of nitrogens with zero attached hydrogens (tertiary/aromatic N) is 4. The largest absolute Gasteiger partial charge is 0.325 e. The second kappa shape index (κ2) is 6.04. The minimum atomic E-state index is -1.77. The van der Waals surface area contributed by atoms with Crippen LogP contribution in [0.15, 0.2) is 61.2 Å². The molecule has 0 aromatic heterocycles. The van der Waals surface area contributed by atoms with E-state index in [2.05, 4.69) is 24.0 Å². The van der Waals surface area contributed by atoms with Crippen molar-refractivity contribution in [1.82, 2.24) is 4.90 Å². The second-order valence-corrected chi connectivity index (χ2v) is 8.17. The Kier molecular flexibility index (Phi) is 3.71. The van der Waals surface area contributed by atoms with Crippen LogP contribution in [0.1, 0.15) is 11.1 Å². The van der Waals surface area contributed by atoms with Gasteiger partial charge in [0, 0.05) is 30.0 Å². The van der Waals surface area contributed by atoms with Crippen molar-refractivity contribution >= 4 is 23.2 Å². The first kappa shape index (κ1) is 19.0. The Hall–Kier alpha value is -3.94. The summed E-state index contributed by atoms with van der Waals surface area (Å²) in [6.45, 7) is 3.97. The number of nitriles is 2. The van der Waals surface area contributed by atoms with E-state index < -0.39 is 22.3 Å². The molecule has 0 bridgehead atoms. The fourth-order valence-electron chi connectivity index (χ4n) is 5.97. The second-order valence-electron chi connectivity index (χ2n) is 8.17. The van der Waals surface area contributed by atoms with Crippen LogP contribution in [0.5, 0.6) is 0 Å². The lowest BCUT2D eigenvalue weighted by atomic mass is 9.53. The highest BCUT2D eigenvalue weighted by molar-refractivity contribution is 6.19. The van der Waals surface area contributed by atoms with E-state index in [0.29, 0.717) is 22.5 Å². The zero-order chi connectivity index (χ0) is 22.0. The summed E-state index contributed by atoms with van der Waals surface area (Å²) in [7, 11) is 1.71. The van der Waals surface area contributed by atoms with Gasteiger partial charge >= 0.3 is 0 Å². The number of amides is 2. The first-order chi connectivity index (χ1) is 15.0. The molecule has 0 radical (unpaired) electrons. The van der Waals surface area contributed by atoms with Crippen LogP contribution in [-0.2, 0) is 20.5 Å². The van der Waals surface area contributed by atoms with Gasteiger partial charge in [-0.3, -0.25) is 14.5 Å². The fraction of sp³-hybridized carbons (Fsp3) is 0.250. The number of rotatable bonds is 2. The Balaban J connectivity index is 1.98. The molecule has 2 aromatic rings. The Morgan fingerprint density at radius 3 is 2.42 bits per heavy atom. The minimum absolute atomic E-state index is 0.0518. The minimum Gasteiger partial charge on any atom is -0.325 e. The van der Waals surface area contributed by atoms with Crippen molar-refractivity contribution in [2.24, 2.45) is 5.41 Å². The number of para-hydroxylation sites is 2. The highest BCUT2D eigenvalue weighted by atomic mass is 16.2. The molecule has 3 aliphatic rings. The summed E-state index contributed by atoms with van der Waals surface area (Å²) in [6, 6.07) is 18.6. The van der Waals surface area contributed by atoms with Crippen molar-refractivity contribution in [3.63, 3.8) is 0 Å². The predicted octanol–water partition coefficient (Wildman–Crippen LogP) is 2.28. The summed E-state index contributed by atoms with van der Waals surface area (Å²) in [5.74, 6) is -0.847. The quantitative estimate of drug-likeness (QED) is 0.767. The summed E-state index contributed by atoms with van der Waals surface area (Å²) < 4.78 is 0. The van der Waals surface area contributed by atoms with E-state index in [9.17, 15) is 20.1 Å². The molecule has 7 nitrogen and oxygen atoms in total. The van der Waals surface area contributed by atoms with Crippen molar-refractivity contribution in [2.45, 2.75) is 11.0 Å². The van der Waals surface area contributed by atoms with Crippen molar-refractivity contribution in [3.05, 3.63) is 72.3 Å². The Labute approximate surface area is 179 Å². The van der Waals surface area contributed by atoms with Gasteiger partial charge in [0.25, 0.3) is 5.91 Å². The number of fused-ring (bicyclic) bond motifs is 5. The monoisotopic (exact) mass is 409 g/mol. The zero-order valence-corrected chi connectivity index (χ0v) is 16.9. The molecule has 3 heterocycles. The first-order valence-corrected chi connectivity index (χ1v) is 9.93. The van der Waals surface area contributed by atoms with Crippen molar-refractivity contribution in [2.75, 3.05) is 30.4 Å². The topological polar surface area (TPSA) is 100 Å². The van der Waals surface area contributed by atoms with Crippen molar-refractivity contribution < 1.29 is 9.59 Å². The van der Waals surface area contributed by atoms with E-state index in [1.165, 1.54) is 0 Å². The number of carbonyl (C=O) groups is 2. The molecule has 5 rings (SSSR count). The molecular formula is C24H19N5O2. The molecule has 2 spiro atoms. The maximum atomic E-state index is 14.3. The number of carbonyl (C=O) groups excluding carboxylic acids is 2. The number of hydrogen-bond donors (Lipinski definition) is 1. The predicted molar refractivity (Wildman–Crippen MR) is 114 cm³/mol. The summed E-state index contributed by atoms with van der Waals surface area (Å²) in [4.78, 5) is 31.4. The molecule has 0 aliphatic carbocycles. The molecule has 0 saturated carbocycles. The summed E-state index contributed by atoms with van der Waals surface area (Å²) in [5.41, 5.74) is -2.77. The Bertz CT molecular complexity index is 1240. The summed E-state index contributed by atoms with van der Waals surface area (Å²) >= 11 is 0. The van der Waals surface area contributed by atoms with Crippen LogP contribution in [0.2, 0.25) is 0 Å². The van der Waals surface area contributed by atoms with Crippen LogP contribution in [-0.4, -0.2) is 36.9 Å². The molecule has 0 unspecified atom stereocenters. The number of likely N-dealkylation sites (N-methyl/N-ethyl adjacent to an activating group) is 1. The number of hydrogen-bond acceptors (Lipinski definition) is 5. The lowest BCUT2D eigenvalue weighted by Gasteiger charge is -2.43. The van der Waals surface area contributed by atoms with E-state index in [0.717, 1.165) is 0 Å². The molecule has 7 heteroatoms. The number of anilines is 2. The molecule has 3 aliphatic heterocycles. The third-order valence-corrected chi connectivity index (χ3v) is 6.98. The lowest BCUT2D eigenvalue weighted by molar-refractivity contribution is -0.138. The van der Waals surface area contributed by atoms with E-state index in [-0.39, 0.29) is 19.0 Å². The molecule has 152 valence electrons. The molecule has 1 N–H and O–H groups in total. The molecular weight excluding hydrogens is 390 g/mol. The lowest BCUT2D eigenvalue weighted by Crippen LogP contribution is -2.64. The van der Waals surface area contributed by atoms with Gasteiger partial charge < -0.3 is 10.2 Å². The maximum absolute atomic E-state index is 14.3. The van der Waals surface area contributed by atoms with Gasteiger partial charge in [-0.05, 0) is 24.7 Å². The molecule has 1 saturated heterocycles. The van der Waals surface area contributed by atoms with Crippen LogP contribution < -0.4 is 10.2 Å². The third-order valence-electron chi connectivity index (χ3n) is 6.98. The van der Waals surface area contributed by atoms with E-state index in [4.69, 9.17) is 0 Å². The van der Waals surface area contributed by atoms with Crippen LogP contribution in [0.25, 0.3) is 0 Å². The maximum Gasteiger partial charge on any atom is 0.254 e. The summed E-state index contributed by atoms with van der Waals surface area (Å²) in [6.07, 6.45) is 1.62. The normalized spacial score (nSPS) is 27.6. The van der Waals surface area contributed by atoms with Crippen LogP contribution in [0.3, 0.4) is 0 Å². The number of benzene rings is 2. The fourth-order valence-corrected chi connectivity index (χ4v) is 5.97. The Morgan fingerprint density at radius 2 is 1.74 bits per heavy atom. The summed E-state index contributed by atoms with van der Waals surface area (Å²) in [5, 5.41) is 23.5. The van der Waals surface area contributed by atoms with Crippen LogP contribution in [0, 0.1) is 28.1 Å². The SMILES string of the molecule is C=CCN1C(=O)[C@]2(c3ccccc31)N(C)CC(C#N)(C#N)[C@@]21C(=O)Nc2ccccc21. The van der Waals surface area contributed by atoms with Gasteiger partial charge in [0.2, 0.25) is 5.91 Å². The third kappa shape index (κ3) is 1.78. The van der Waals surface area contributed by atoms with Gasteiger partial charge in [0.05, 0.1) is 12.1 Å². The molecule has 31 heavy (non-hydrogen) atoms. The zero-order valence-electron chi connectivity index (χ0n) is 16.9. The van der Waals surface area contributed by atoms with Gasteiger partial charge in [-0.2, -0.15) is 10.5 Å². The van der Waals surface area contributed by atoms with Crippen molar-refractivity contribution in [3.8, 4) is 12.1 Å². The van der Waals surface area contributed by atoms with E-state index in [1.807, 2.05) is 24.3 Å². The van der Waals surface area contributed by atoms with Crippen molar-refractivity contribution in [1.29, 1.82) is 10.5 Å². The van der Waals surface area contributed by atoms with Gasteiger partial charge in [-0.25, -0.2) is 0 Å². The first-order valence-electron chi connectivity index (χ1n) is 9.93. The average Bonchev–Trinajstić information content (AvgIpc) is 3.32. The number of nitrogens with one attached hydrogen (secondary N) is 1. The highest BCUT2D eigenvalue weighted by Crippen LogP contribution is 2.68. The van der Waals surface area contributed by atoms with Crippen LogP contribution >= 0.6 is 0 Å². The Morgan fingerprint density at radius 1 is 1.10 bits per heavy atom. The van der Waals surface area contributed by atoms with Gasteiger partial charge in [-0.15, -0.1) is 6.58 Å². The molecule has 2 atom stereocenters. The number of likely N-dealkylation sites (tertiary alicyclic amines) is 1. The van der Waals surface area contributed by atoms with E-state index in [1.54, 1.807) is 47.2 Å². The van der Waals surface area contributed by atoms with Gasteiger partial charge in [0.1, 0.15) is 11.0 Å². The van der Waals surface area contributed by atoms with E-state index >= 15 is 0 Å². The van der Waals surface area contributed by atoms with Gasteiger partial charge in [0.15, 0.2) is 5.41 Å². The molecule has 2 amide bonds. The molecule has 2 aromatic carbocycles. The van der Waals surface area contributed by atoms with Crippen LogP contribution in [0.4, 0.5) is 11.4 Å². The molecule has 1 fully saturated rings. The standard InChI is InChI=1S/C24H19N5O2/c1-3-12-29-19-11-7-5-9-17(19)24(21(29)31)23(22(13-25,14-26)15-28(24)2)16-8-4-6-10-18(16)27-20(23)30/h3-11H,1,12,15H2,2H3,(H,27,30)/t23-,24+/m1/s1.